The number of nitrogens with zero attached hydrogens (tertiary/aromatic N) is 1. The standard InChI is InChI=1S/C19H27FN2O2/c1-18(2,3)21-17(23)12-22-15-8-9-16(22)11-19(24,10-15)13-4-6-14(20)7-5-13/h4-7,15-16,24H,8-12H2,1-3H3,(H,21,23)/t15-,16+,19?. The summed E-state index contributed by atoms with van der Waals surface area (Å²) in [6.07, 6.45) is 3.18. The average Bonchev–Trinajstić information content (AvgIpc) is 2.70. The Morgan fingerprint density at radius 3 is 2.29 bits per heavy atom. The molecule has 2 aliphatic heterocycles. The van der Waals surface area contributed by atoms with Gasteiger partial charge in [0.15, 0.2) is 0 Å². The maximum Gasteiger partial charge on any atom is 0.234 e. The fourth-order valence-electron chi connectivity index (χ4n) is 4.19. The Balaban J connectivity index is 1.70. The van der Waals surface area contributed by atoms with E-state index in [1.165, 1.54) is 12.1 Å². The number of fused-ring (bicyclic) bond motifs is 2. The quantitative estimate of drug-likeness (QED) is 0.893. The van der Waals surface area contributed by atoms with Crippen molar-refractivity contribution in [2.24, 2.45) is 0 Å². The van der Waals surface area contributed by atoms with Crippen LogP contribution in [-0.4, -0.2) is 40.1 Å². The van der Waals surface area contributed by atoms with E-state index in [9.17, 15) is 14.3 Å². The van der Waals surface area contributed by atoms with Crippen LogP contribution in [0.5, 0.6) is 0 Å². The number of benzene rings is 1. The van der Waals surface area contributed by atoms with Crippen molar-refractivity contribution in [1.29, 1.82) is 0 Å². The Labute approximate surface area is 143 Å². The van der Waals surface area contributed by atoms with Crippen LogP contribution in [0.3, 0.4) is 0 Å². The van der Waals surface area contributed by atoms with Gasteiger partial charge in [0.2, 0.25) is 5.91 Å². The smallest absolute Gasteiger partial charge is 0.234 e. The average molecular weight is 334 g/mol. The lowest BCUT2D eigenvalue weighted by atomic mass is 9.80. The zero-order valence-electron chi connectivity index (χ0n) is 14.7. The molecule has 2 bridgehead atoms. The Kier molecular flexibility index (Phi) is 4.43. The molecule has 4 nitrogen and oxygen atoms in total. The molecule has 0 radical (unpaired) electrons. The van der Waals surface area contributed by atoms with Crippen molar-refractivity contribution < 1.29 is 14.3 Å². The molecule has 2 saturated heterocycles. The van der Waals surface area contributed by atoms with E-state index in [0.29, 0.717) is 19.4 Å². The topological polar surface area (TPSA) is 52.6 Å². The van der Waals surface area contributed by atoms with Crippen LogP contribution in [0.25, 0.3) is 0 Å². The van der Waals surface area contributed by atoms with Crippen molar-refractivity contribution >= 4 is 5.91 Å². The Morgan fingerprint density at radius 2 is 1.79 bits per heavy atom. The number of hydrogen-bond acceptors (Lipinski definition) is 3. The van der Waals surface area contributed by atoms with Crippen molar-refractivity contribution in [2.45, 2.75) is 69.7 Å². The Bertz CT molecular complexity index is 595. The normalized spacial score (nSPS) is 30.4. The highest BCUT2D eigenvalue weighted by molar-refractivity contribution is 5.78. The molecule has 3 rings (SSSR count). The minimum absolute atomic E-state index is 0.0339. The summed E-state index contributed by atoms with van der Waals surface area (Å²) in [5, 5.41) is 14.1. The van der Waals surface area contributed by atoms with Crippen LogP contribution in [0.1, 0.15) is 52.0 Å². The molecule has 0 aliphatic carbocycles. The molecule has 24 heavy (non-hydrogen) atoms. The fourth-order valence-corrected chi connectivity index (χ4v) is 4.19. The predicted molar refractivity (Wildman–Crippen MR) is 90.9 cm³/mol. The molecule has 1 aromatic carbocycles. The summed E-state index contributed by atoms with van der Waals surface area (Å²) >= 11 is 0. The summed E-state index contributed by atoms with van der Waals surface area (Å²) in [4.78, 5) is 14.5. The van der Waals surface area contributed by atoms with E-state index in [2.05, 4.69) is 10.2 Å². The first-order chi connectivity index (χ1) is 11.2. The van der Waals surface area contributed by atoms with Gasteiger partial charge < -0.3 is 10.4 Å². The van der Waals surface area contributed by atoms with Gasteiger partial charge in [0, 0.05) is 17.6 Å². The van der Waals surface area contributed by atoms with E-state index in [1.54, 1.807) is 12.1 Å². The summed E-state index contributed by atoms with van der Waals surface area (Å²) in [5.41, 5.74) is -0.378. The summed E-state index contributed by atoms with van der Waals surface area (Å²) in [5.74, 6) is -0.256. The second-order valence-corrected chi connectivity index (χ2v) is 8.30. The number of piperidine rings is 1. The summed E-state index contributed by atoms with van der Waals surface area (Å²) in [6.45, 7) is 6.31. The summed E-state index contributed by atoms with van der Waals surface area (Å²) in [6, 6.07) is 6.55. The number of hydrogen-bond donors (Lipinski definition) is 2. The van der Waals surface area contributed by atoms with Crippen molar-refractivity contribution in [1.82, 2.24) is 10.2 Å². The minimum Gasteiger partial charge on any atom is -0.385 e. The van der Waals surface area contributed by atoms with Crippen molar-refractivity contribution in [3.63, 3.8) is 0 Å². The maximum atomic E-state index is 13.2. The van der Waals surface area contributed by atoms with Gasteiger partial charge in [-0.3, -0.25) is 9.69 Å². The third kappa shape index (κ3) is 3.62. The lowest BCUT2D eigenvalue weighted by molar-refractivity contribution is -0.127. The molecule has 1 unspecified atom stereocenters. The SMILES string of the molecule is CC(C)(C)NC(=O)CN1[C@@H]2CC[C@H]1CC(O)(c1ccc(F)cc1)C2. The molecule has 2 aliphatic rings. The van der Waals surface area contributed by atoms with Gasteiger partial charge in [-0.2, -0.15) is 0 Å². The van der Waals surface area contributed by atoms with Crippen LogP contribution in [-0.2, 0) is 10.4 Å². The van der Waals surface area contributed by atoms with Crippen LogP contribution in [0.2, 0.25) is 0 Å². The van der Waals surface area contributed by atoms with Gasteiger partial charge in [0.1, 0.15) is 5.82 Å². The first-order valence-electron chi connectivity index (χ1n) is 8.71. The highest BCUT2D eigenvalue weighted by atomic mass is 19.1. The zero-order chi connectivity index (χ0) is 17.5. The molecular formula is C19H27FN2O2. The molecular weight excluding hydrogens is 307 g/mol. The third-order valence-electron chi connectivity index (χ3n) is 5.14. The van der Waals surface area contributed by atoms with Gasteiger partial charge in [-0.05, 0) is 64.2 Å². The Hall–Kier alpha value is -1.46. The molecule has 0 spiro atoms. The number of rotatable bonds is 3. The van der Waals surface area contributed by atoms with Crippen LogP contribution in [0, 0.1) is 5.82 Å². The number of amides is 1. The number of carbonyl (C=O) groups is 1. The third-order valence-corrected chi connectivity index (χ3v) is 5.14. The van der Waals surface area contributed by atoms with Crippen LogP contribution in [0.4, 0.5) is 4.39 Å². The van der Waals surface area contributed by atoms with Gasteiger partial charge in [-0.15, -0.1) is 0 Å². The Morgan fingerprint density at radius 1 is 1.25 bits per heavy atom. The van der Waals surface area contributed by atoms with Crippen LogP contribution < -0.4 is 5.32 Å². The second-order valence-electron chi connectivity index (χ2n) is 8.30. The molecule has 1 amide bonds. The number of nitrogens with one attached hydrogen (secondary N) is 1. The zero-order valence-corrected chi connectivity index (χ0v) is 14.7. The maximum absolute atomic E-state index is 13.2. The number of halogens is 1. The highest BCUT2D eigenvalue weighted by Gasteiger charge is 2.48. The van der Waals surface area contributed by atoms with E-state index in [1.807, 2.05) is 20.8 Å². The molecule has 2 fully saturated rings. The lowest BCUT2D eigenvalue weighted by Crippen LogP contribution is -2.54. The van der Waals surface area contributed by atoms with Gasteiger partial charge in [0.05, 0.1) is 12.1 Å². The van der Waals surface area contributed by atoms with Gasteiger partial charge >= 0.3 is 0 Å². The van der Waals surface area contributed by atoms with E-state index in [0.717, 1.165) is 18.4 Å². The molecule has 2 N–H and O–H groups in total. The molecule has 132 valence electrons. The van der Waals surface area contributed by atoms with Crippen LogP contribution >= 0.6 is 0 Å². The molecule has 2 heterocycles. The summed E-state index contributed by atoms with van der Waals surface area (Å²) in [7, 11) is 0. The predicted octanol–water partition coefficient (Wildman–Crippen LogP) is 2.55. The molecule has 0 aromatic heterocycles. The van der Waals surface area contributed by atoms with Gasteiger partial charge in [0.25, 0.3) is 0 Å². The number of carbonyl (C=O) groups excluding carboxylic acids is 1. The van der Waals surface area contributed by atoms with Gasteiger partial charge in [-0.25, -0.2) is 4.39 Å². The monoisotopic (exact) mass is 334 g/mol. The highest BCUT2D eigenvalue weighted by Crippen LogP contribution is 2.45. The van der Waals surface area contributed by atoms with Crippen LogP contribution in [0.15, 0.2) is 24.3 Å². The summed E-state index contributed by atoms with van der Waals surface area (Å²) < 4.78 is 13.2. The van der Waals surface area contributed by atoms with Crippen molar-refractivity contribution in [2.75, 3.05) is 6.54 Å². The first-order valence-corrected chi connectivity index (χ1v) is 8.71. The van der Waals surface area contributed by atoms with E-state index < -0.39 is 5.60 Å². The largest absolute Gasteiger partial charge is 0.385 e. The molecule has 3 atom stereocenters. The number of aliphatic hydroxyl groups is 1. The molecule has 0 saturated carbocycles. The van der Waals surface area contributed by atoms with E-state index in [4.69, 9.17) is 0 Å². The molecule has 5 heteroatoms. The van der Waals surface area contributed by atoms with Gasteiger partial charge in [-0.1, -0.05) is 12.1 Å². The van der Waals surface area contributed by atoms with E-state index in [-0.39, 0.29) is 29.3 Å². The second kappa shape index (κ2) is 6.12. The lowest BCUT2D eigenvalue weighted by Gasteiger charge is -2.44. The van der Waals surface area contributed by atoms with Crippen molar-refractivity contribution in [3.8, 4) is 0 Å². The minimum atomic E-state index is -0.920. The fraction of sp³-hybridized carbons (Fsp3) is 0.632. The molecule has 1 aromatic rings. The first kappa shape index (κ1) is 17.4. The van der Waals surface area contributed by atoms with E-state index >= 15 is 0 Å². The van der Waals surface area contributed by atoms with Crippen molar-refractivity contribution in [3.05, 3.63) is 35.6 Å².